The molecular formula is C26H18ClN3O3. The van der Waals surface area contributed by atoms with Crippen molar-refractivity contribution in [3.8, 4) is 0 Å². The predicted octanol–water partition coefficient (Wildman–Crippen LogP) is 4.10. The van der Waals surface area contributed by atoms with Crippen LogP contribution in [-0.2, 0) is 9.59 Å². The number of carbonyl (C=O) groups is 3. The van der Waals surface area contributed by atoms with Gasteiger partial charge in [-0.2, -0.15) is 5.10 Å². The fraction of sp³-hybridized carbons (Fsp3) is 0.154. The molecule has 2 amide bonds. The van der Waals surface area contributed by atoms with Gasteiger partial charge in [0.05, 0.1) is 34.8 Å². The maximum Gasteiger partial charge on any atom is 0.240 e. The molecule has 0 aliphatic carbocycles. The molecule has 6 nitrogen and oxygen atoms in total. The number of anilines is 1. The number of para-hydroxylation sites is 1. The zero-order valence-electron chi connectivity index (χ0n) is 17.3. The number of rotatable bonds is 3. The fourth-order valence-electron chi connectivity index (χ4n) is 5.32. The first kappa shape index (κ1) is 19.9. The number of imide groups is 1. The highest BCUT2D eigenvalue weighted by Gasteiger charge is 2.65. The molecule has 3 aromatic carbocycles. The van der Waals surface area contributed by atoms with Gasteiger partial charge in [0.15, 0.2) is 5.78 Å². The first-order chi connectivity index (χ1) is 16.1. The van der Waals surface area contributed by atoms with E-state index in [1.807, 2.05) is 30.3 Å². The molecule has 3 aromatic rings. The van der Waals surface area contributed by atoms with Crippen molar-refractivity contribution in [2.24, 2.45) is 16.9 Å². The summed E-state index contributed by atoms with van der Waals surface area (Å²) < 4.78 is 0. The maximum absolute atomic E-state index is 13.8. The average molecular weight is 456 g/mol. The Labute approximate surface area is 195 Å². The lowest BCUT2D eigenvalue weighted by Crippen LogP contribution is -2.44. The fourth-order valence-corrected chi connectivity index (χ4v) is 5.55. The molecule has 2 saturated heterocycles. The maximum atomic E-state index is 13.8. The SMILES string of the molecule is O=C(c1ccccc1Cl)C1C2C(=O)N(c3ccccc3)C(=O)C2C2c3ccccc3C=NN12. The van der Waals surface area contributed by atoms with Gasteiger partial charge in [-0.3, -0.25) is 19.4 Å². The summed E-state index contributed by atoms with van der Waals surface area (Å²) in [4.78, 5) is 42.5. The van der Waals surface area contributed by atoms with Gasteiger partial charge in [0.1, 0.15) is 6.04 Å². The molecule has 162 valence electrons. The third-order valence-electron chi connectivity index (χ3n) is 6.72. The van der Waals surface area contributed by atoms with Crippen LogP contribution >= 0.6 is 11.6 Å². The molecule has 0 saturated carbocycles. The first-order valence-electron chi connectivity index (χ1n) is 10.7. The topological polar surface area (TPSA) is 70.0 Å². The lowest BCUT2D eigenvalue weighted by atomic mass is 9.83. The van der Waals surface area contributed by atoms with E-state index in [0.29, 0.717) is 16.3 Å². The summed E-state index contributed by atoms with van der Waals surface area (Å²) in [5.74, 6) is -2.61. The smallest absolute Gasteiger partial charge is 0.240 e. The Morgan fingerprint density at radius 1 is 0.818 bits per heavy atom. The Morgan fingerprint density at radius 2 is 1.48 bits per heavy atom. The molecule has 3 aliphatic heterocycles. The predicted molar refractivity (Wildman–Crippen MR) is 124 cm³/mol. The normalized spacial score (nSPS) is 25.1. The summed E-state index contributed by atoms with van der Waals surface area (Å²) in [6.45, 7) is 0. The van der Waals surface area contributed by atoms with Crippen molar-refractivity contribution in [3.05, 3.63) is 101 Å². The average Bonchev–Trinajstić information content (AvgIpc) is 3.32. The molecule has 4 unspecified atom stereocenters. The molecule has 0 radical (unpaired) electrons. The number of ketones is 1. The summed E-state index contributed by atoms with van der Waals surface area (Å²) in [7, 11) is 0. The highest BCUT2D eigenvalue weighted by molar-refractivity contribution is 6.34. The van der Waals surface area contributed by atoms with Gasteiger partial charge < -0.3 is 0 Å². The molecule has 6 rings (SSSR count). The number of halogens is 1. The van der Waals surface area contributed by atoms with E-state index in [2.05, 4.69) is 5.10 Å². The van der Waals surface area contributed by atoms with Crippen LogP contribution in [0.3, 0.4) is 0 Å². The molecular weight excluding hydrogens is 438 g/mol. The van der Waals surface area contributed by atoms with Crippen LogP contribution in [0.15, 0.2) is 84.0 Å². The van der Waals surface area contributed by atoms with E-state index in [0.717, 1.165) is 11.1 Å². The highest BCUT2D eigenvalue weighted by atomic mass is 35.5. The van der Waals surface area contributed by atoms with Crippen LogP contribution in [0, 0.1) is 11.8 Å². The van der Waals surface area contributed by atoms with Crippen LogP contribution in [0.4, 0.5) is 5.69 Å². The van der Waals surface area contributed by atoms with Crippen molar-refractivity contribution in [2.45, 2.75) is 12.1 Å². The second-order valence-corrected chi connectivity index (χ2v) is 8.79. The van der Waals surface area contributed by atoms with Gasteiger partial charge in [-0.05, 0) is 35.4 Å². The minimum atomic E-state index is -0.935. The lowest BCUT2D eigenvalue weighted by molar-refractivity contribution is -0.124. The van der Waals surface area contributed by atoms with Gasteiger partial charge in [0, 0.05) is 5.56 Å². The molecule has 0 N–H and O–H groups in total. The Morgan fingerprint density at radius 3 is 2.27 bits per heavy atom. The Bertz CT molecular complexity index is 1340. The van der Waals surface area contributed by atoms with E-state index in [1.54, 1.807) is 59.8 Å². The molecule has 0 bridgehead atoms. The number of benzene rings is 3. The number of carbonyl (C=O) groups excluding carboxylic acids is 3. The minimum absolute atomic E-state index is 0.306. The third kappa shape index (κ3) is 2.80. The van der Waals surface area contributed by atoms with Gasteiger partial charge in [-0.15, -0.1) is 0 Å². The zero-order valence-corrected chi connectivity index (χ0v) is 18.1. The van der Waals surface area contributed by atoms with E-state index < -0.39 is 23.9 Å². The van der Waals surface area contributed by atoms with Crippen molar-refractivity contribution >= 4 is 41.1 Å². The molecule has 3 aliphatic rings. The van der Waals surface area contributed by atoms with Crippen molar-refractivity contribution in [3.63, 3.8) is 0 Å². The van der Waals surface area contributed by atoms with Crippen molar-refractivity contribution in [1.82, 2.24) is 5.01 Å². The van der Waals surface area contributed by atoms with E-state index in [1.165, 1.54) is 4.90 Å². The second-order valence-electron chi connectivity index (χ2n) is 8.39. The van der Waals surface area contributed by atoms with Crippen LogP contribution in [0.1, 0.15) is 27.5 Å². The van der Waals surface area contributed by atoms with Crippen molar-refractivity contribution in [2.75, 3.05) is 4.90 Å². The standard InChI is InChI=1S/C26H18ClN3O3/c27-19-13-7-6-12-18(19)24(31)23-21-20(22-17-11-5-4-8-15(17)14-28-30(22)23)25(32)29(26(21)33)16-9-2-1-3-10-16/h1-14,20-23H. The molecule has 0 spiro atoms. The summed E-state index contributed by atoms with van der Waals surface area (Å²) in [6.07, 6.45) is 1.68. The molecule has 33 heavy (non-hydrogen) atoms. The van der Waals surface area contributed by atoms with Crippen LogP contribution in [-0.4, -0.2) is 34.9 Å². The number of hydrogen-bond donors (Lipinski definition) is 0. The van der Waals surface area contributed by atoms with Crippen molar-refractivity contribution < 1.29 is 14.4 Å². The quantitative estimate of drug-likeness (QED) is 0.440. The van der Waals surface area contributed by atoms with Crippen molar-refractivity contribution in [1.29, 1.82) is 0 Å². The summed E-state index contributed by atoms with van der Waals surface area (Å²) in [6, 6.07) is 21.8. The van der Waals surface area contributed by atoms with Gasteiger partial charge in [-0.1, -0.05) is 66.2 Å². The third-order valence-corrected chi connectivity index (χ3v) is 7.05. The summed E-state index contributed by atoms with van der Waals surface area (Å²) in [5.41, 5.74) is 2.58. The van der Waals surface area contributed by atoms with Crippen LogP contribution in [0.2, 0.25) is 5.02 Å². The van der Waals surface area contributed by atoms with Crippen LogP contribution in [0.25, 0.3) is 0 Å². The number of nitrogens with zero attached hydrogens (tertiary/aromatic N) is 3. The first-order valence-corrected chi connectivity index (χ1v) is 11.1. The second kappa shape index (κ2) is 7.39. The Hall–Kier alpha value is -3.77. The van der Waals surface area contributed by atoms with E-state index in [9.17, 15) is 14.4 Å². The number of hydrazone groups is 1. The molecule has 4 atom stereocenters. The van der Waals surface area contributed by atoms with E-state index in [4.69, 9.17) is 11.6 Å². The number of amides is 2. The molecule has 0 aromatic heterocycles. The summed E-state index contributed by atoms with van der Waals surface area (Å²) >= 11 is 6.35. The monoisotopic (exact) mass is 455 g/mol. The lowest BCUT2D eigenvalue weighted by Gasteiger charge is -2.33. The van der Waals surface area contributed by atoms with Gasteiger partial charge in [0.25, 0.3) is 0 Å². The van der Waals surface area contributed by atoms with E-state index in [-0.39, 0.29) is 17.6 Å². The van der Waals surface area contributed by atoms with Crippen LogP contribution < -0.4 is 4.90 Å². The highest BCUT2D eigenvalue weighted by Crippen LogP contribution is 2.53. The molecule has 2 fully saturated rings. The largest absolute Gasteiger partial charge is 0.292 e. The van der Waals surface area contributed by atoms with Gasteiger partial charge >= 0.3 is 0 Å². The van der Waals surface area contributed by atoms with Gasteiger partial charge in [0.2, 0.25) is 11.8 Å². The Balaban J connectivity index is 1.52. The summed E-state index contributed by atoms with van der Waals surface area (Å²) in [5, 5.41) is 6.51. The number of hydrogen-bond acceptors (Lipinski definition) is 5. The van der Waals surface area contributed by atoms with Gasteiger partial charge in [-0.25, -0.2) is 4.90 Å². The number of Topliss-reactive ketones (excluding diaryl/α,β-unsaturated/α-hetero) is 1. The van der Waals surface area contributed by atoms with E-state index >= 15 is 0 Å². The number of fused-ring (bicyclic) bond motifs is 5. The Kier molecular flexibility index (Phi) is 4.45. The molecule has 7 heteroatoms. The minimum Gasteiger partial charge on any atom is -0.292 e. The zero-order chi connectivity index (χ0) is 22.7. The van der Waals surface area contributed by atoms with Crippen LogP contribution in [0.5, 0.6) is 0 Å². The molecule has 3 heterocycles.